The quantitative estimate of drug-likeness (QED) is 0.628. The van der Waals surface area contributed by atoms with E-state index in [4.69, 9.17) is 27.9 Å². The van der Waals surface area contributed by atoms with Gasteiger partial charge in [0, 0.05) is 11.8 Å². The van der Waals surface area contributed by atoms with Gasteiger partial charge in [-0.2, -0.15) is 0 Å². The molecule has 1 amide bonds. The van der Waals surface area contributed by atoms with Crippen LogP contribution in [0.15, 0.2) is 48.5 Å². The Morgan fingerprint density at radius 3 is 2.62 bits per heavy atom. The Morgan fingerprint density at radius 1 is 1.12 bits per heavy atom. The van der Waals surface area contributed by atoms with Crippen LogP contribution in [0.1, 0.15) is 11.1 Å². The number of hydrogen-bond acceptors (Lipinski definition) is 3. The van der Waals surface area contributed by atoms with Gasteiger partial charge < -0.3 is 10.1 Å². The predicted molar refractivity (Wildman–Crippen MR) is 96.3 cm³/mol. The highest BCUT2D eigenvalue weighted by molar-refractivity contribution is 6.42. The first-order valence-electron chi connectivity index (χ1n) is 7.10. The standard InChI is InChI=1S/C18H15Cl2NO3/c1-12-3-2-4-14(9-12)21-17(22)11-24-18(23)8-6-13-5-7-15(19)16(20)10-13/h2-10H,11H2,1H3,(H,21,22)/b8-6+. The normalized spacial score (nSPS) is 10.6. The molecule has 2 aromatic rings. The minimum Gasteiger partial charge on any atom is -0.452 e. The Labute approximate surface area is 150 Å². The number of anilines is 1. The van der Waals surface area contributed by atoms with Gasteiger partial charge in [0.25, 0.3) is 5.91 Å². The van der Waals surface area contributed by atoms with Crippen molar-refractivity contribution < 1.29 is 14.3 Å². The van der Waals surface area contributed by atoms with Gasteiger partial charge in [-0.3, -0.25) is 4.79 Å². The van der Waals surface area contributed by atoms with E-state index in [-0.39, 0.29) is 6.61 Å². The Bertz CT molecular complexity index is 788. The molecule has 0 aliphatic rings. The number of carbonyl (C=O) groups is 2. The number of nitrogens with one attached hydrogen (secondary N) is 1. The Hall–Kier alpha value is -2.30. The summed E-state index contributed by atoms with van der Waals surface area (Å²) in [7, 11) is 0. The second kappa shape index (κ2) is 8.52. The van der Waals surface area contributed by atoms with Gasteiger partial charge in [-0.15, -0.1) is 0 Å². The molecule has 2 aromatic carbocycles. The lowest BCUT2D eigenvalue weighted by atomic mass is 10.2. The number of amides is 1. The number of hydrogen-bond donors (Lipinski definition) is 1. The lowest BCUT2D eigenvalue weighted by Crippen LogP contribution is -2.20. The van der Waals surface area contributed by atoms with Crippen LogP contribution in [0, 0.1) is 6.92 Å². The Kier molecular flexibility index (Phi) is 6.41. The zero-order valence-corrected chi connectivity index (χ0v) is 14.4. The second-order valence-corrected chi connectivity index (χ2v) is 5.85. The Balaban J connectivity index is 1.83. The summed E-state index contributed by atoms with van der Waals surface area (Å²) in [5.74, 6) is -1.03. The summed E-state index contributed by atoms with van der Waals surface area (Å²) >= 11 is 11.7. The summed E-state index contributed by atoms with van der Waals surface area (Å²) in [5, 5.41) is 3.48. The van der Waals surface area contributed by atoms with Crippen LogP contribution < -0.4 is 5.32 Å². The lowest BCUT2D eigenvalue weighted by Gasteiger charge is -2.06. The molecule has 0 bridgehead atoms. The molecule has 0 saturated carbocycles. The van der Waals surface area contributed by atoms with E-state index in [1.165, 1.54) is 12.2 Å². The van der Waals surface area contributed by atoms with Crippen LogP contribution >= 0.6 is 23.2 Å². The first kappa shape index (κ1) is 18.0. The summed E-state index contributed by atoms with van der Waals surface area (Å²) in [5.41, 5.74) is 2.38. The van der Waals surface area contributed by atoms with Crippen LogP contribution in [0.25, 0.3) is 6.08 Å². The van der Waals surface area contributed by atoms with Crippen molar-refractivity contribution in [1.29, 1.82) is 0 Å². The van der Waals surface area contributed by atoms with Crippen LogP contribution in [-0.4, -0.2) is 18.5 Å². The third kappa shape index (κ3) is 5.72. The van der Waals surface area contributed by atoms with Crippen LogP contribution in [-0.2, 0) is 14.3 Å². The fraction of sp³-hybridized carbons (Fsp3) is 0.111. The van der Waals surface area contributed by atoms with Gasteiger partial charge in [0.1, 0.15) is 0 Å². The topological polar surface area (TPSA) is 55.4 Å². The molecule has 0 spiro atoms. The van der Waals surface area contributed by atoms with Crippen LogP contribution in [0.2, 0.25) is 10.0 Å². The summed E-state index contributed by atoms with van der Waals surface area (Å²) < 4.78 is 4.89. The van der Waals surface area contributed by atoms with Crippen molar-refractivity contribution in [3.05, 3.63) is 69.7 Å². The van der Waals surface area contributed by atoms with Gasteiger partial charge in [0.15, 0.2) is 6.61 Å². The molecule has 0 aliphatic carbocycles. The van der Waals surface area contributed by atoms with E-state index in [0.717, 1.165) is 5.56 Å². The summed E-state index contributed by atoms with van der Waals surface area (Å²) in [6.45, 7) is 1.56. The molecule has 6 heteroatoms. The van der Waals surface area contributed by atoms with E-state index in [1.807, 2.05) is 25.1 Å². The average molecular weight is 364 g/mol. The molecule has 4 nitrogen and oxygen atoms in total. The SMILES string of the molecule is Cc1cccc(NC(=O)COC(=O)/C=C/c2ccc(Cl)c(Cl)c2)c1. The molecule has 0 atom stereocenters. The molecular weight excluding hydrogens is 349 g/mol. The molecular formula is C18H15Cl2NO3. The molecule has 24 heavy (non-hydrogen) atoms. The summed E-state index contributed by atoms with van der Waals surface area (Å²) in [4.78, 5) is 23.4. The molecule has 0 saturated heterocycles. The van der Waals surface area contributed by atoms with E-state index in [2.05, 4.69) is 5.32 Å². The Morgan fingerprint density at radius 2 is 1.92 bits per heavy atom. The number of rotatable bonds is 5. The highest BCUT2D eigenvalue weighted by Crippen LogP contribution is 2.23. The van der Waals surface area contributed by atoms with Crippen molar-refractivity contribution >= 4 is 46.8 Å². The number of esters is 1. The number of carbonyl (C=O) groups excluding carboxylic acids is 2. The van der Waals surface area contributed by atoms with Gasteiger partial charge in [-0.05, 0) is 48.4 Å². The van der Waals surface area contributed by atoms with E-state index >= 15 is 0 Å². The third-order valence-electron chi connectivity index (χ3n) is 3.00. The highest BCUT2D eigenvalue weighted by atomic mass is 35.5. The molecule has 0 aromatic heterocycles. The minimum absolute atomic E-state index is 0.363. The van der Waals surface area contributed by atoms with Crippen LogP contribution in [0.4, 0.5) is 5.69 Å². The van der Waals surface area contributed by atoms with Crippen molar-refractivity contribution in [2.24, 2.45) is 0 Å². The first-order chi connectivity index (χ1) is 11.4. The van der Waals surface area contributed by atoms with Gasteiger partial charge in [-0.1, -0.05) is 41.4 Å². The fourth-order valence-corrected chi connectivity index (χ4v) is 2.19. The summed E-state index contributed by atoms with van der Waals surface area (Å²) in [6.07, 6.45) is 2.75. The minimum atomic E-state index is -0.625. The van der Waals surface area contributed by atoms with E-state index in [1.54, 1.807) is 24.3 Å². The smallest absolute Gasteiger partial charge is 0.331 e. The maximum absolute atomic E-state index is 11.7. The third-order valence-corrected chi connectivity index (χ3v) is 3.74. The molecule has 0 unspecified atom stereocenters. The first-order valence-corrected chi connectivity index (χ1v) is 7.86. The zero-order valence-electron chi connectivity index (χ0n) is 12.9. The van der Waals surface area contributed by atoms with Gasteiger partial charge in [0.2, 0.25) is 0 Å². The second-order valence-electron chi connectivity index (χ2n) is 5.03. The van der Waals surface area contributed by atoms with Gasteiger partial charge in [-0.25, -0.2) is 4.79 Å². The average Bonchev–Trinajstić information content (AvgIpc) is 2.54. The maximum atomic E-state index is 11.7. The highest BCUT2D eigenvalue weighted by Gasteiger charge is 2.06. The monoisotopic (exact) mass is 363 g/mol. The molecule has 0 heterocycles. The van der Waals surface area contributed by atoms with Crippen LogP contribution in [0.5, 0.6) is 0 Å². The zero-order chi connectivity index (χ0) is 17.5. The van der Waals surface area contributed by atoms with Crippen molar-refractivity contribution in [2.75, 3.05) is 11.9 Å². The van der Waals surface area contributed by atoms with E-state index < -0.39 is 11.9 Å². The number of benzene rings is 2. The lowest BCUT2D eigenvalue weighted by molar-refractivity contribution is -0.142. The number of ether oxygens (including phenoxy) is 1. The van der Waals surface area contributed by atoms with Crippen LogP contribution in [0.3, 0.4) is 0 Å². The molecule has 124 valence electrons. The molecule has 1 N–H and O–H groups in total. The fourth-order valence-electron chi connectivity index (χ4n) is 1.88. The van der Waals surface area contributed by atoms with Gasteiger partial charge >= 0.3 is 5.97 Å². The molecule has 2 rings (SSSR count). The van der Waals surface area contributed by atoms with Crippen molar-refractivity contribution in [1.82, 2.24) is 0 Å². The molecule has 0 aliphatic heterocycles. The summed E-state index contributed by atoms with van der Waals surface area (Å²) in [6, 6.07) is 12.3. The predicted octanol–water partition coefficient (Wildman–Crippen LogP) is 4.50. The number of aryl methyl sites for hydroxylation is 1. The van der Waals surface area contributed by atoms with Gasteiger partial charge in [0.05, 0.1) is 10.0 Å². The van der Waals surface area contributed by atoms with Crippen molar-refractivity contribution in [2.45, 2.75) is 6.92 Å². The number of halogens is 2. The maximum Gasteiger partial charge on any atom is 0.331 e. The van der Waals surface area contributed by atoms with E-state index in [9.17, 15) is 9.59 Å². The van der Waals surface area contributed by atoms with Crippen molar-refractivity contribution in [3.8, 4) is 0 Å². The van der Waals surface area contributed by atoms with Crippen molar-refractivity contribution in [3.63, 3.8) is 0 Å². The molecule has 0 radical (unpaired) electrons. The van der Waals surface area contributed by atoms with E-state index in [0.29, 0.717) is 21.3 Å². The molecule has 0 fully saturated rings. The largest absolute Gasteiger partial charge is 0.452 e.